The average molecular weight is 389 g/mol. The predicted octanol–water partition coefficient (Wildman–Crippen LogP) is 8.32. The summed E-state index contributed by atoms with van der Waals surface area (Å²) in [5.74, 6) is 0.126. The van der Waals surface area contributed by atoms with Crippen LogP contribution in [0.2, 0.25) is 0 Å². The summed E-state index contributed by atoms with van der Waals surface area (Å²) in [7, 11) is 0. The molecule has 1 aromatic carbocycles. The fraction of sp³-hybridized carbons (Fsp3) is 0.731. The second kappa shape index (κ2) is 16.6. The summed E-state index contributed by atoms with van der Waals surface area (Å²) < 4.78 is 0. The zero-order chi connectivity index (χ0) is 20.5. The first-order chi connectivity index (χ1) is 13.7. The van der Waals surface area contributed by atoms with Crippen molar-refractivity contribution in [3.63, 3.8) is 0 Å². The highest BCUT2D eigenvalue weighted by atomic mass is 16.3. The number of benzene rings is 1. The molecule has 0 aromatic heterocycles. The maximum atomic E-state index is 10.9. The molecule has 0 atom stereocenters. The second-order valence-corrected chi connectivity index (χ2v) is 8.52. The van der Waals surface area contributed by atoms with Crippen LogP contribution in [-0.2, 0) is 6.42 Å². The van der Waals surface area contributed by atoms with Crippen LogP contribution in [0.4, 0.5) is 0 Å². The van der Waals surface area contributed by atoms with E-state index in [1.54, 1.807) is 6.07 Å². The summed E-state index contributed by atoms with van der Waals surface area (Å²) in [5.41, 5.74) is 2.45. The quantitative estimate of drug-likeness (QED) is 0.203. The molecule has 0 aliphatic rings. The van der Waals surface area contributed by atoms with Gasteiger partial charge in [-0.05, 0) is 37.0 Å². The Kier molecular flexibility index (Phi) is 14.7. The van der Waals surface area contributed by atoms with Crippen molar-refractivity contribution in [1.82, 2.24) is 0 Å². The highest BCUT2D eigenvalue weighted by Gasteiger charge is 2.06. The van der Waals surface area contributed by atoms with Crippen LogP contribution in [0.25, 0.3) is 0 Å². The molecule has 1 N–H and O–H groups in total. The molecule has 28 heavy (non-hydrogen) atoms. The van der Waals surface area contributed by atoms with Gasteiger partial charge in [-0.15, -0.1) is 0 Å². The molecular formula is C26H44O2. The Hall–Kier alpha value is -1.31. The van der Waals surface area contributed by atoms with Crippen molar-refractivity contribution >= 4 is 6.29 Å². The first-order valence-corrected chi connectivity index (χ1v) is 12.0. The molecule has 0 saturated carbocycles. The van der Waals surface area contributed by atoms with Gasteiger partial charge in [-0.2, -0.15) is 0 Å². The number of phenolic OH excluding ortho intramolecular Hbond substituents is 1. The lowest BCUT2D eigenvalue weighted by Gasteiger charge is -2.07. The topological polar surface area (TPSA) is 37.3 Å². The van der Waals surface area contributed by atoms with Crippen molar-refractivity contribution in [2.45, 2.75) is 123 Å². The van der Waals surface area contributed by atoms with Crippen molar-refractivity contribution in [3.8, 4) is 5.75 Å². The minimum absolute atomic E-state index is 0.126. The van der Waals surface area contributed by atoms with Gasteiger partial charge in [0.2, 0.25) is 0 Å². The number of hydrogen-bond donors (Lipinski definition) is 1. The van der Waals surface area contributed by atoms with Gasteiger partial charge in [0, 0.05) is 0 Å². The van der Waals surface area contributed by atoms with E-state index in [1.165, 1.54) is 96.3 Å². The Morgan fingerprint density at radius 1 is 0.714 bits per heavy atom. The van der Waals surface area contributed by atoms with Crippen LogP contribution in [0.5, 0.6) is 5.75 Å². The van der Waals surface area contributed by atoms with E-state index in [0.29, 0.717) is 5.56 Å². The van der Waals surface area contributed by atoms with Gasteiger partial charge >= 0.3 is 0 Å². The summed E-state index contributed by atoms with van der Waals surface area (Å²) in [6.07, 6.45) is 23.8. The van der Waals surface area contributed by atoms with Gasteiger partial charge < -0.3 is 5.11 Å². The number of aromatic hydroxyl groups is 1. The lowest BCUT2D eigenvalue weighted by molar-refractivity contribution is 0.112. The van der Waals surface area contributed by atoms with E-state index in [9.17, 15) is 9.90 Å². The summed E-state index contributed by atoms with van der Waals surface area (Å²) in [5, 5.41) is 9.88. The maximum Gasteiger partial charge on any atom is 0.154 e. The van der Waals surface area contributed by atoms with Crippen molar-refractivity contribution < 1.29 is 9.90 Å². The Balaban J connectivity index is 1.89. The third-order valence-electron chi connectivity index (χ3n) is 5.86. The fourth-order valence-corrected chi connectivity index (χ4v) is 4.03. The molecule has 2 nitrogen and oxygen atoms in total. The van der Waals surface area contributed by atoms with Crippen LogP contribution < -0.4 is 0 Å². The van der Waals surface area contributed by atoms with Crippen LogP contribution in [0.3, 0.4) is 0 Å². The van der Waals surface area contributed by atoms with E-state index < -0.39 is 0 Å². The number of carbonyl (C=O) groups excluding carboxylic acids is 1. The van der Waals surface area contributed by atoms with Gasteiger partial charge in [0.1, 0.15) is 5.75 Å². The number of rotatable bonds is 18. The number of aryl methyl sites for hydroxylation is 2. The number of hydrogen-bond acceptors (Lipinski definition) is 2. The van der Waals surface area contributed by atoms with Crippen molar-refractivity contribution in [1.29, 1.82) is 0 Å². The Morgan fingerprint density at radius 2 is 1.14 bits per heavy atom. The average Bonchev–Trinajstić information content (AvgIpc) is 2.67. The van der Waals surface area contributed by atoms with Crippen LogP contribution in [-0.4, -0.2) is 11.4 Å². The van der Waals surface area contributed by atoms with Crippen molar-refractivity contribution in [2.24, 2.45) is 0 Å². The van der Waals surface area contributed by atoms with Gasteiger partial charge in [0.05, 0.1) is 5.56 Å². The van der Waals surface area contributed by atoms with Gasteiger partial charge in [-0.25, -0.2) is 0 Å². The molecule has 0 aliphatic heterocycles. The first kappa shape index (κ1) is 24.7. The third kappa shape index (κ3) is 11.5. The lowest BCUT2D eigenvalue weighted by Crippen LogP contribution is -1.93. The first-order valence-electron chi connectivity index (χ1n) is 12.0. The fourth-order valence-electron chi connectivity index (χ4n) is 4.03. The number of phenols is 1. The molecule has 2 heteroatoms. The Labute approximate surface area is 174 Å². The van der Waals surface area contributed by atoms with Gasteiger partial charge in [-0.1, -0.05) is 109 Å². The normalized spacial score (nSPS) is 11.1. The molecule has 1 rings (SSSR count). The standard InChI is InChI=1S/C26H44O2/c1-3-4-5-6-7-8-9-10-11-12-13-14-15-16-17-18-19-24-20-23(2)25(22-27)26(28)21-24/h20-22,28H,3-19H2,1-2H3. The van der Waals surface area contributed by atoms with Crippen LogP contribution in [0.15, 0.2) is 12.1 Å². The highest BCUT2D eigenvalue weighted by Crippen LogP contribution is 2.23. The monoisotopic (exact) mass is 388 g/mol. The van der Waals surface area contributed by atoms with E-state index in [4.69, 9.17) is 0 Å². The van der Waals surface area contributed by atoms with E-state index in [0.717, 1.165) is 30.3 Å². The lowest BCUT2D eigenvalue weighted by atomic mass is 9.99. The van der Waals surface area contributed by atoms with Crippen LogP contribution in [0.1, 0.15) is 131 Å². The van der Waals surface area contributed by atoms with Gasteiger partial charge in [-0.3, -0.25) is 4.79 Å². The van der Waals surface area contributed by atoms with Crippen LogP contribution in [0, 0.1) is 6.92 Å². The zero-order valence-electron chi connectivity index (χ0n) is 18.6. The number of carbonyl (C=O) groups is 1. The van der Waals surface area contributed by atoms with E-state index >= 15 is 0 Å². The van der Waals surface area contributed by atoms with Crippen molar-refractivity contribution in [2.75, 3.05) is 0 Å². The maximum absolute atomic E-state index is 10.9. The molecule has 0 amide bonds. The molecule has 1 aromatic rings. The molecular weight excluding hydrogens is 344 g/mol. The number of aldehydes is 1. The van der Waals surface area contributed by atoms with Crippen LogP contribution >= 0.6 is 0 Å². The van der Waals surface area contributed by atoms with E-state index in [2.05, 4.69) is 6.92 Å². The summed E-state index contributed by atoms with van der Waals surface area (Å²) in [4.78, 5) is 10.9. The Morgan fingerprint density at radius 3 is 1.54 bits per heavy atom. The summed E-state index contributed by atoms with van der Waals surface area (Å²) >= 11 is 0. The molecule has 160 valence electrons. The van der Waals surface area contributed by atoms with E-state index in [-0.39, 0.29) is 5.75 Å². The smallest absolute Gasteiger partial charge is 0.154 e. The molecule has 0 radical (unpaired) electrons. The summed E-state index contributed by atoms with van der Waals surface area (Å²) in [6, 6.07) is 3.79. The minimum atomic E-state index is 0.126. The molecule has 0 spiro atoms. The van der Waals surface area contributed by atoms with Gasteiger partial charge in [0.15, 0.2) is 6.29 Å². The third-order valence-corrected chi connectivity index (χ3v) is 5.86. The number of unbranched alkanes of at least 4 members (excludes halogenated alkanes) is 15. The summed E-state index contributed by atoms with van der Waals surface area (Å²) in [6.45, 7) is 4.17. The zero-order valence-corrected chi connectivity index (χ0v) is 18.6. The predicted molar refractivity (Wildman–Crippen MR) is 121 cm³/mol. The molecule has 0 bridgehead atoms. The Bertz CT molecular complexity index is 498. The highest BCUT2D eigenvalue weighted by molar-refractivity contribution is 5.81. The molecule has 0 unspecified atom stereocenters. The second-order valence-electron chi connectivity index (χ2n) is 8.52. The molecule has 0 fully saturated rings. The molecule has 0 saturated heterocycles. The van der Waals surface area contributed by atoms with Crippen molar-refractivity contribution in [3.05, 3.63) is 28.8 Å². The largest absolute Gasteiger partial charge is 0.507 e. The molecule has 0 heterocycles. The van der Waals surface area contributed by atoms with E-state index in [1.807, 2.05) is 13.0 Å². The molecule has 0 aliphatic carbocycles. The van der Waals surface area contributed by atoms with Gasteiger partial charge in [0.25, 0.3) is 0 Å². The SMILES string of the molecule is CCCCCCCCCCCCCCCCCCc1cc(C)c(C=O)c(O)c1. The minimum Gasteiger partial charge on any atom is -0.507 e.